The highest BCUT2D eigenvalue weighted by molar-refractivity contribution is 5.68. The zero-order valence-corrected chi connectivity index (χ0v) is 12.9. The number of aliphatic hydroxyl groups is 1. The molecule has 4 nitrogen and oxygen atoms in total. The molecule has 0 aromatic carbocycles. The lowest BCUT2D eigenvalue weighted by Gasteiger charge is -2.43. The summed E-state index contributed by atoms with van der Waals surface area (Å²) in [6.07, 6.45) is 4.74. The van der Waals surface area contributed by atoms with Crippen LogP contribution < -0.4 is 0 Å². The van der Waals surface area contributed by atoms with Crippen LogP contribution >= 0.6 is 0 Å². The number of carbonyl (C=O) groups excluding carboxylic acids is 1. The van der Waals surface area contributed by atoms with E-state index in [0.717, 1.165) is 19.3 Å². The third-order valence-corrected chi connectivity index (χ3v) is 3.81. The van der Waals surface area contributed by atoms with Crippen LogP contribution in [0.4, 0.5) is 4.79 Å². The first kappa shape index (κ1) is 16.8. The Morgan fingerprint density at radius 1 is 1.40 bits per heavy atom. The second-order valence-corrected chi connectivity index (χ2v) is 6.50. The van der Waals surface area contributed by atoms with E-state index in [1.54, 1.807) is 11.0 Å². The number of amides is 1. The molecule has 4 heteroatoms. The number of allylic oxidation sites excluding steroid dienone is 1. The van der Waals surface area contributed by atoms with Gasteiger partial charge in [0.1, 0.15) is 5.60 Å². The van der Waals surface area contributed by atoms with Crippen molar-refractivity contribution in [1.29, 1.82) is 0 Å². The fraction of sp³-hybridized carbons (Fsp3) is 0.688. The third kappa shape index (κ3) is 4.10. The Balaban J connectivity index is 2.67. The maximum absolute atomic E-state index is 12.0. The highest BCUT2D eigenvalue weighted by Crippen LogP contribution is 2.39. The first-order chi connectivity index (χ1) is 9.24. The Bertz CT molecular complexity index is 362. The van der Waals surface area contributed by atoms with Crippen molar-refractivity contribution < 1.29 is 14.6 Å². The fourth-order valence-corrected chi connectivity index (χ4v) is 2.62. The average Bonchev–Trinajstić information content (AvgIpc) is 2.36. The largest absolute Gasteiger partial charge is 0.444 e. The minimum Gasteiger partial charge on any atom is -0.444 e. The van der Waals surface area contributed by atoms with Gasteiger partial charge in [0.2, 0.25) is 0 Å². The SMILES string of the molecule is C=CCC1(C(O)C=C)CCN(C(=O)OC(C)(C)C)CC1. The van der Waals surface area contributed by atoms with Gasteiger partial charge in [0.15, 0.2) is 0 Å². The number of carbonyl (C=O) groups is 1. The quantitative estimate of drug-likeness (QED) is 0.805. The van der Waals surface area contributed by atoms with Crippen molar-refractivity contribution in [3.05, 3.63) is 25.3 Å². The topological polar surface area (TPSA) is 49.8 Å². The van der Waals surface area contributed by atoms with Crippen LogP contribution in [-0.4, -0.2) is 40.9 Å². The van der Waals surface area contributed by atoms with Gasteiger partial charge in [-0.15, -0.1) is 13.2 Å². The van der Waals surface area contributed by atoms with Crippen molar-refractivity contribution in [2.75, 3.05) is 13.1 Å². The van der Waals surface area contributed by atoms with Gasteiger partial charge in [0.05, 0.1) is 6.10 Å². The maximum atomic E-state index is 12.0. The van der Waals surface area contributed by atoms with Gasteiger partial charge in [-0.3, -0.25) is 0 Å². The number of rotatable bonds is 4. The molecular formula is C16H27NO3. The highest BCUT2D eigenvalue weighted by Gasteiger charge is 2.40. The van der Waals surface area contributed by atoms with Crippen molar-refractivity contribution in [2.45, 2.75) is 51.7 Å². The van der Waals surface area contributed by atoms with Gasteiger partial charge >= 0.3 is 6.09 Å². The monoisotopic (exact) mass is 281 g/mol. The number of ether oxygens (including phenoxy) is 1. The van der Waals surface area contributed by atoms with Crippen LogP contribution in [0.5, 0.6) is 0 Å². The minimum absolute atomic E-state index is 0.248. The molecule has 0 aromatic heterocycles. The normalized spacial score (nSPS) is 20.1. The lowest BCUT2D eigenvalue weighted by Crippen LogP contribution is -2.48. The van der Waals surface area contributed by atoms with Gasteiger partial charge in [-0.2, -0.15) is 0 Å². The lowest BCUT2D eigenvalue weighted by molar-refractivity contribution is -0.0157. The first-order valence-corrected chi connectivity index (χ1v) is 7.13. The molecule has 0 aliphatic carbocycles. The summed E-state index contributed by atoms with van der Waals surface area (Å²) < 4.78 is 5.38. The van der Waals surface area contributed by atoms with Crippen LogP contribution in [-0.2, 0) is 4.74 Å². The Kier molecular flexibility index (Phi) is 5.40. The van der Waals surface area contributed by atoms with E-state index in [1.807, 2.05) is 26.8 Å². The summed E-state index contributed by atoms with van der Waals surface area (Å²) in [6, 6.07) is 0. The van der Waals surface area contributed by atoms with E-state index in [0.29, 0.717) is 13.1 Å². The molecule has 20 heavy (non-hydrogen) atoms. The Labute approximate surface area is 122 Å². The van der Waals surface area contributed by atoms with Crippen LogP contribution in [0.2, 0.25) is 0 Å². The van der Waals surface area contributed by atoms with Crippen LogP contribution in [0.1, 0.15) is 40.0 Å². The molecule has 0 radical (unpaired) electrons. The van der Waals surface area contributed by atoms with Gasteiger partial charge in [-0.05, 0) is 40.0 Å². The van der Waals surface area contributed by atoms with Gasteiger partial charge in [0.25, 0.3) is 0 Å². The summed E-state index contributed by atoms with van der Waals surface area (Å²) in [5, 5.41) is 10.2. The van der Waals surface area contributed by atoms with E-state index in [-0.39, 0.29) is 11.5 Å². The molecule has 114 valence electrons. The van der Waals surface area contributed by atoms with Crippen LogP contribution in [0.25, 0.3) is 0 Å². The maximum Gasteiger partial charge on any atom is 0.410 e. The number of hydrogen-bond donors (Lipinski definition) is 1. The molecule has 1 fully saturated rings. The standard InChI is InChI=1S/C16H27NO3/c1-6-8-16(13(18)7-2)9-11-17(12-10-16)14(19)20-15(3,4)5/h6-7,13,18H,1-2,8-12H2,3-5H3. The summed E-state index contributed by atoms with van der Waals surface area (Å²) in [4.78, 5) is 13.7. The second kappa shape index (κ2) is 6.44. The summed E-state index contributed by atoms with van der Waals surface area (Å²) in [7, 11) is 0. The Hall–Kier alpha value is -1.29. The predicted octanol–water partition coefficient (Wildman–Crippen LogP) is 3.13. The number of piperidine rings is 1. The second-order valence-electron chi connectivity index (χ2n) is 6.50. The molecule has 1 rings (SSSR count). The molecule has 0 saturated carbocycles. The lowest BCUT2D eigenvalue weighted by atomic mass is 9.71. The van der Waals surface area contributed by atoms with E-state index in [4.69, 9.17) is 4.74 Å². The van der Waals surface area contributed by atoms with E-state index in [9.17, 15) is 9.90 Å². The molecule has 1 aliphatic rings. The first-order valence-electron chi connectivity index (χ1n) is 7.13. The average molecular weight is 281 g/mol. The molecule has 0 spiro atoms. The van der Waals surface area contributed by atoms with Crippen molar-refractivity contribution in [2.24, 2.45) is 5.41 Å². The number of hydrogen-bond acceptors (Lipinski definition) is 3. The van der Waals surface area contributed by atoms with E-state index < -0.39 is 11.7 Å². The summed E-state index contributed by atoms with van der Waals surface area (Å²) in [5.41, 5.74) is -0.727. The molecule has 1 N–H and O–H groups in total. The molecule has 0 aromatic rings. The Morgan fingerprint density at radius 3 is 2.35 bits per heavy atom. The van der Waals surface area contributed by atoms with Gasteiger partial charge in [-0.1, -0.05) is 12.2 Å². The van der Waals surface area contributed by atoms with Crippen molar-refractivity contribution >= 4 is 6.09 Å². The van der Waals surface area contributed by atoms with Crippen LogP contribution in [0, 0.1) is 5.41 Å². The van der Waals surface area contributed by atoms with Crippen LogP contribution in [0.15, 0.2) is 25.3 Å². The smallest absolute Gasteiger partial charge is 0.410 e. The minimum atomic E-state index is -0.568. The van der Waals surface area contributed by atoms with Crippen molar-refractivity contribution in [3.63, 3.8) is 0 Å². The molecule has 1 aliphatic heterocycles. The van der Waals surface area contributed by atoms with Gasteiger partial charge < -0.3 is 14.7 Å². The summed E-state index contributed by atoms with van der Waals surface area (Å²) in [6.45, 7) is 14.2. The molecule has 1 heterocycles. The molecule has 0 bridgehead atoms. The Morgan fingerprint density at radius 2 is 1.95 bits per heavy atom. The van der Waals surface area contributed by atoms with Crippen molar-refractivity contribution in [3.8, 4) is 0 Å². The van der Waals surface area contributed by atoms with Gasteiger partial charge in [-0.25, -0.2) is 4.79 Å². The van der Waals surface area contributed by atoms with Gasteiger partial charge in [0, 0.05) is 18.5 Å². The predicted molar refractivity (Wildman–Crippen MR) is 80.5 cm³/mol. The molecule has 1 amide bonds. The zero-order valence-electron chi connectivity index (χ0n) is 12.9. The number of aliphatic hydroxyl groups excluding tert-OH is 1. The van der Waals surface area contributed by atoms with Crippen LogP contribution in [0.3, 0.4) is 0 Å². The summed E-state index contributed by atoms with van der Waals surface area (Å²) in [5.74, 6) is 0. The number of likely N-dealkylation sites (tertiary alicyclic amines) is 1. The fourth-order valence-electron chi connectivity index (χ4n) is 2.62. The summed E-state index contributed by atoms with van der Waals surface area (Å²) >= 11 is 0. The highest BCUT2D eigenvalue weighted by atomic mass is 16.6. The molecule has 1 atom stereocenters. The molecular weight excluding hydrogens is 254 g/mol. The third-order valence-electron chi connectivity index (χ3n) is 3.81. The number of nitrogens with zero attached hydrogens (tertiary/aromatic N) is 1. The van der Waals surface area contributed by atoms with Crippen molar-refractivity contribution in [1.82, 2.24) is 4.90 Å². The van der Waals surface area contributed by atoms with E-state index in [2.05, 4.69) is 13.2 Å². The molecule has 1 saturated heterocycles. The van der Waals surface area contributed by atoms with E-state index in [1.165, 1.54) is 0 Å². The van der Waals surface area contributed by atoms with E-state index >= 15 is 0 Å². The molecule has 1 unspecified atom stereocenters. The zero-order chi connectivity index (χ0) is 15.4.